The molecule has 0 aromatic heterocycles. The average molecular weight is 670 g/mol. The van der Waals surface area contributed by atoms with Crippen LogP contribution in [0.4, 0.5) is 17.1 Å². The zero-order valence-electron chi connectivity index (χ0n) is 27.4. The first-order chi connectivity index (χ1) is 23.6. The molecule has 0 N–H and O–H groups in total. The summed E-state index contributed by atoms with van der Waals surface area (Å²) >= 11 is 0. The number of nitro groups is 2. The predicted molar refractivity (Wildman–Crippen MR) is 182 cm³/mol. The Hall–Kier alpha value is -6.31. The molecule has 4 rings (SSSR count). The van der Waals surface area contributed by atoms with Crippen LogP contribution in [0.1, 0.15) is 22.3 Å². The average Bonchev–Trinajstić information content (AvgIpc) is 3.09. The van der Waals surface area contributed by atoms with E-state index in [9.17, 15) is 29.8 Å². The highest BCUT2D eigenvalue weighted by Gasteiger charge is 2.13. The number of benzene rings is 4. The summed E-state index contributed by atoms with van der Waals surface area (Å²) < 4.78 is 15.4. The molecule has 0 radical (unpaired) electrons. The van der Waals surface area contributed by atoms with Crippen molar-refractivity contribution in [2.24, 2.45) is 15.2 Å². The second-order valence-corrected chi connectivity index (χ2v) is 10.3. The Balaban J connectivity index is 0.000000266. The number of aliphatic imine (C=N–C) groups is 1. The van der Waals surface area contributed by atoms with Crippen LogP contribution in [0.15, 0.2) is 100 Å². The molecule has 0 atom stereocenters. The Morgan fingerprint density at radius 1 is 0.714 bits per heavy atom. The zero-order valence-corrected chi connectivity index (χ0v) is 27.4. The number of non-ortho nitro benzene ring substituents is 2. The van der Waals surface area contributed by atoms with Crippen LogP contribution in [0.3, 0.4) is 0 Å². The molecule has 4 aromatic carbocycles. The summed E-state index contributed by atoms with van der Waals surface area (Å²) in [6.45, 7) is 2.08. The van der Waals surface area contributed by atoms with Gasteiger partial charge in [-0.15, -0.1) is 0 Å². The molecule has 49 heavy (non-hydrogen) atoms. The molecule has 0 saturated carbocycles. The van der Waals surface area contributed by atoms with Gasteiger partial charge in [-0.25, -0.2) is 0 Å². The summed E-state index contributed by atoms with van der Waals surface area (Å²) in [4.78, 5) is 48.6. The second kappa shape index (κ2) is 18.7. The number of hydrogen-bond donors (Lipinski definition) is 0. The first kappa shape index (κ1) is 37.2. The highest BCUT2D eigenvalue weighted by Crippen LogP contribution is 2.31. The van der Waals surface area contributed by atoms with Crippen molar-refractivity contribution in [1.82, 2.24) is 0 Å². The van der Waals surface area contributed by atoms with Gasteiger partial charge in [-0.3, -0.25) is 34.8 Å². The maximum Gasteiger partial charge on any atom is 0.273 e. The number of nitro benzene ring substituents is 2. The van der Waals surface area contributed by atoms with Crippen molar-refractivity contribution >= 4 is 34.8 Å². The fraction of sp³-hybridized carbons (Fsp3) is 0.229. The smallest absolute Gasteiger partial charge is 0.273 e. The molecule has 0 spiro atoms. The predicted octanol–water partition coefficient (Wildman–Crippen LogP) is 6.80. The third-order valence-corrected chi connectivity index (χ3v) is 6.98. The number of aryl methyl sites for hydroxylation is 1. The number of nitrogens with zero attached hydrogens (tertiary/aromatic N) is 5. The van der Waals surface area contributed by atoms with Gasteiger partial charge >= 0.3 is 0 Å². The van der Waals surface area contributed by atoms with E-state index in [0.717, 1.165) is 16.7 Å². The number of para-hydroxylation sites is 1. The van der Waals surface area contributed by atoms with Gasteiger partial charge in [0.15, 0.2) is 17.3 Å². The van der Waals surface area contributed by atoms with Crippen LogP contribution in [0, 0.1) is 27.2 Å². The third kappa shape index (κ3) is 11.5. The Morgan fingerprint density at radius 3 is 1.94 bits per heavy atom. The van der Waals surface area contributed by atoms with Crippen LogP contribution in [0.25, 0.3) is 0 Å². The number of hydrogen-bond acceptors (Lipinski definition) is 12. The van der Waals surface area contributed by atoms with Crippen LogP contribution >= 0.6 is 0 Å². The first-order valence-electron chi connectivity index (χ1n) is 14.8. The van der Waals surface area contributed by atoms with E-state index in [0.29, 0.717) is 29.2 Å². The Kier molecular flexibility index (Phi) is 14.2. The quantitative estimate of drug-likeness (QED) is 0.0568. The number of ketones is 2. The molecule has 0 heterocycles. The minimum Gasteiger partial charge on any atom is -0.496 e. The third-order valence-electron chi connectivity index (χ3n) is 6.98. The van der Waals surface area contributed by atoms with Gasteiger partial charge in [0.25, 0.3) is 11.4 Å². The highest BCUT2D eigenvalue weighted by atomic mass is 16.6. The lowest BCUT2D eigenvalue weighted by atomic mass is 10.0. The minimum absolute atomic E-state index is 0.0585. The van der Waals surface area contributed by atoms with Crippen LogP contribution in [0.5, 0.6) is 17.2 Å². The molecular formula is C35H35N5O9. The van der Waals surface area contributed by atoms with Crippen molar-refractivity contribution < 1.29 is 33.6 Å². The van der Waals surface area contributed by atoms with Crippen molar-refractivity contribution in [2.45, 2.75) is 26.3 Å². The normalized spacial score (nSPS) is 10.7. The molecule has 0 amide bonds. The minimum atomic E-state index is -0.519. The molecule has 0 aliphatic heterocycles. The SMILES string of the molecule is COc1cc([N+](=O)[O-])ccc1CN=CC(=O)Cc1ccccc1OC.COc1cc([N+](=O)[O-])ccc1N=NCC(=O)Cc1ccccc1C. The van der Waals surface area contributed by atoms with E-state index in [1.54, 1.807) is 19.2 Å². The Bertz CT molecular complexity index is 1860. The molecule has 0 saturated heterocycles. The van der Waals surface area contributed by atoms with Gasteiger partial charge in [-0.05, 0) is 36.2 Å². The summed E-state index contributed by atoms with van der Waals surface area (Å²) in [7, 11) is 4.37. The maximum absolute atomic E-state index is 12.0. The van der Waals surface area contributed by atoms with Gasteiger partial charge in [-0.1, -0.05) is 42.5 Å². The zero-order chi connectivity index (χ0) is 35.8. The molecular weight excluding hydrogens is 634 g/mol. The topological polar surface area (TPSA) is 185 Å². The van der Waals surface area contributed by atoms with E-state index in [4.69, 9.17) is 14.2 Å². The van der Waals surface area contributed by atoms with Crippen molar-refractivity contribution in [3.8, 4) is 17.2 Å². The fourth-order valence-electron chi connectivity index (χ4n) is 4.44. The van der Waals surface area contributed by atoms with Crippen molar-refractivity contribution in [2.75, 3.05) is 27.9 Å². The first-order valence-corrected chi connectivity index (χ1v) is 14.8. The van der Waals surface area contributed by atoms with Crippen LogP contribution in [-0.4, -0.2) is 55.5 Å². The lowest BCUT2D eigenvalue weighted by Crippen LogP contribution is -2.07. The molecule has 254 valence electrons. The van der Waals surface area contributed by atoms with Crippen molar-refractivity contribution in [3.63, 3.8) is 0 Å². The van der Waals surface area contributed by atoms with Crippen molar-refractivity contribution in [1.29, 1.82) is 0 Å². The lowest BCUT2D eigenvalue weighted by molar-refractivity contribution is -0.385. The van der Waals surface area contributed by atoms with E-state index < -0.39 is 9.85 Å². The number of rotatable bonds is 15. The largest absolute Gasteiger partial charge is 0.496 e. The van der Waals surface area contributed by atoms with Crippen LogP contribution in [-0.2, 0) is 29.0 Å². The number of ether oxygens (including phenoxy) is 3. The Morgan fingerprint density at radius 2 is 1.31 bits per heavy atom. The Labute approximate surface area is 282 Å². The van der Waals surface area contributed by atoms with E-state index in [2.05, 4.69) is 15.2 Å². The maximum atomic E-state index is 12.0. The number of carbonyl (C=O) groups excluding carboxylic acids is 2. The van der Waals surface area contributed by atoms with E-state index in [1.807, 2.05) is 49.4 Å². The summed E-state index contributed by atoms with van der Waals surface area (Å²) in [5.41, 5.74) is 3.65. The van der Waals surface area contributed by atoms with Gasteiger partial charge in [0.2, 0.25) is 0 Å². The molecule has 0 aliphatic carbocycles. The summed E-state index contributed by atoms with van der Waals surface area (Å²) in [5, 5.41) is 29.3. The fourth-order valence-corrected chi connectivity index (χ4v) is 4.44. The lowest BCUT2D eigenvalue weighted by Gasteiger charge is -2.06. The summed E-state index contributed by atoms with van der Waals surface area (Å²) in [6.07, 6.45) is 1.74. The molecule has 14 heteroatoms. The van der Waals surface area contributed by atoms with Gasteiger partial charge in [-0.2, -0.15) is 10.2 Å². The van der Waals surface area contributed by atoms with Crippen LogP contribution in [0.2, 0.25) is 0 Å². The van der Waals surface area contributed by atoms with Gasteiger partial charge in [0, 0.05) is 36.1 Å². The molecule has 4 aromatic rings. The summed E-state index contributed by atoms with van der Waals surface area (Å²) in [6, 6.07) is 23.3. The van der Waals surface area contributed by atoms with Gasteiger partial charge in [0.1, 0.15) is 23.7 Å². The second-order valence-electron chi connectivity index (χ2n) is 10.3. The highest BCUT2D eigenvalue weighted by molar-refractivity contribution is 6.28. The van der Waals surface area contributed by atoms with E-state index >= 15 is 0 Å². The molecule has 0 bridgehead atoms. The molecule has 14 nitrogen and oxygen atoms in total. The van der Waals surface area contributed by atoms with E-state index in [-0.39, 0.29) is 48.2 Å². The number of methoxy groups -OCH3 is 3. The monoisotopic (exact) mass is 669 g/mol. The summed E-state index contributed by atoms with van der Waals surface area (Å²) in [5.74, 6) is 1.03. The molecule has 0 aliphatic rings. The number of Topliss-reactive ketones (excluding diaryl/α,β-unsaturated/α-hetero) is 2. The van der Waals surface area contributed by atoms with Crippen molar-refractivity contribution in [3.05, 3.63) is 127 Å². The molecule has 0 unspecified atom stereocenters. The van der Waals surface area contributed by atoms with Gasteiger partial charge in [0.05, 0.1) is 56.1 Å². The molecule has 0 fully saturated rings. The standard InChI is InChI=1S/C18H18N2O5.C17H17N3O4/c1-24-17-6-4-3-5-13(17)9-16(21)12-19-11-14-7-8-15(20(22)23)10-18(14)25-2;1-12-5-3-4-6-13(12)9-15(21)11-18-19-16-8-7-14(20(22)23)10-17(16)24-2/h3-8,10,12H,9,11H2,1-2H3;3-8,10H,9,11H2,1-2H3. The van der Waals surface area contributed by atoms with Gasteiger partial charge < -0.3 is 14.2 Å². The number of azo groups is 1. The van der Waals surface area contributed by atoms with Crippen LogP contribution < -0.4 is 14.2 Å². The van der Waals surface area contributed by atoms with E-state index in [1.165, 1.54) is 50.8 Å². The number of carbonyl (C=O) groups is 2.